The van der Waals surface area contributed by atoms with E-state index in [-0.39, 0.29) is 5.91 Å². The molecule has 4 nitrogen and oxygen atoms in total. The van der Waals surface area contributed by atoms with E-state index in [9.17, 15) is 4.79 Å². The molecule has 1 saturated heterocycles. The number of nitrogens with zero attached hydrogens (tertiary/aromatic N) is 1. The second-order valence-electron chi connectivity index (χ2n) is 6.75. The lowest BCUT2D eigenvalue weighted by molar-refractivity contribution is -0.117. The minimum Gasteiger partial charge on any atom is -0.381 e. The molecule has 1 N–H and O–H groups in total. The van der Waals surface area contributed by atoms with Crippen LogP contribution in [0, 0.1) is 12.8 Å². The quantitative estimate of drug-likeness (QED) is 0.728. The molecule has 5 heteroatoms. The molecule has 0 atom stereocenters. The van der Waals surface area contributed by atoms with E-state index in [0.717, 1.165) is 25.3 Å². The maximum absolute atomic E-state index is 12.1. The molecule has 0 radical (unpaired) electrons. The van der Waals surface area contributed by atoms with E-state index in [2.05, 4.69) is 37.1 Å². The molecule has 1 aliphatic heterocycles. The summed E-state index contributed by atoms with van der Waals surface area (Å²) in [6.45, 7) is 10.8. The van der Waals surface area contributed by atoms with Gasteiger partial charge in [-0.05, 0) is 30.0 Å². The Kier molecular flexibility index (Phi) is 8.09. The molecule has 0 spiro atoms. The largest absolute Gasteiger partial charge is 0.381 e. The number of amides is 1. The fourth-order valence-corrected chi connectivity index (χ4v) is 3.67. The Hall–Kier alpha value is -1.04. The Labute approximate surface area is 150 Å². The molecule has 0 aromatic heterocycles. The van der Waals surface area contributed by atoms with Crippen molar-refractivity contribution in [2.45, 2.75) is 33.7 Å². The summed E-state index contributed by atoms with van der Waals surface area (Å²) in [5, 5.41) is 3.03. The average molecular weight is 351 g/mol. The summed E-state index contributed by atoms with van der Waals surface area (Å²) in [7, 11) is 0. The molecule has 1 amide bonds. The van der Waals surface area contributed by atoms with Crippen LogP contribution in [0.2, 0.25) is 0 Å². The van der Waals surface area contributed by atoms with Crippen molar-refractivity contribution in [2.24, 2.45) is 5.92 Å². The van der Waals surface area contributed by atoms with E-state index in [0.29, 0.717) is 25.6 Å². The number of carbonyl (C=O) groups is 1. The number of carbonyl (C=O) groups excluding carboxylic acids is 1. The highest BCUT2D eigenvalue weighted by atomic mass is 32.2. The van der Waals surface area contributed by atoms with Gasteiger partial charge < -0.3 is 10.1 Å². The van der Waals surface area contributed by atoms with E-state index in [1.165, 1.54) is 22.6 Å². The molecule has 0 bridgehead atoms. The normalized spacial score (nSPS) is 15.7. The van der Waals surface area contributed by atoms with Gasteiger partial charge in [-0.2, -0.15) is 11.8 Å². The van der Waals surface area contributed by atoms with Crippen LogP contribution in [0.1, 0.15) is 31.4 Å². The van der Waals surface area contributed by atoms with Crippen molar-refractivity contribution in [1.82, 2.24) is 4.90 Å². The topological polar surface area (TPSA) is 41.6 Å². The van der Waals surface area contributed by atoms with Gasteiger partial charge in [0.05, 0.1) is 13.0 Å². The highest BCUT2D eigenvalue weighted by Gasteiger charge is 2.13. The molecular weight excluding hydrogens is 320 g/mol. The summed E-state index contributed by atoms with van der Waals surface area (Å²) in [6, 6.07) is 6.18. The summed E-state index contributed by atoms with van der Waals surface area (Å²) in [6.07, 6.45) is 0.403. The van der Waals surface area contributed by atoms with E-state index in [4.69, 9.17) is 4.74 Å². The molecule has 1 aromatic carbocycles. The fraction of sp³-hybridized carbons (Fsp3) is 0.632. The Morgan fingerprint density at radius 1 is 1.33 bits per heavy atom. The Morgan fingerprint density at radius 3 is 2.79 bits per heavy atom. The molecule has 0 saturated carbocycles. The maximum Gasteiger partial charge on any atom is 0.226 e. The predicted octanol–water partition coefficient (Wildman–Crippen LogP) is 3.55. The summed E-state index contributed by atoms with van der Waals surface area (Å²) in [5.74, 6) is 2.95. The van der Waals surface area contributed by atoms with Crippen molar-refractivity contribution in [2.75, 3.05) is 43.1 Å². The number of nitrogens with one attached hydrogen (secondary N) is 1. The van der Waals surface area contributed by atoms with Crippen molar-refractivity contribution in [1.29, 1.82) is 0 Å². The molecule has 1 heterocycles. The van der Waals surface area contributed by atoms with Gasteiger partial charge in [-0.25, -0.2) is 0 Å². The molecule has 1 aromatic rings. The van der Waals surface area contributed by atoms with Crippen LogP contribution in [-0.4, -0.2) is 48.6 Å². The third-order valence-electron chi connectivity index (χ3n) is 4.14. The van der Waals surface area contributed by atoms with Crippen LogP contribution in [0.3, 0.4) is 0 Å². The standard InChI is InChI=1S/C19H30N2O2S/c1-15(2)14-23-10-7-19(22)20-18-6-4-5-17(16(18)3)13-21-8-11-24-12-9-21/h4-6,15H,7-14H2,1-3H3,(H,20,22). The van der Waals surface area contributed by atoms with Crippen molar-refractivity contribution in [3.05, 3.63) is 29.3 Å². The molecule has 134 valence electrons. The van der Waals surface area contributed by atoms with E-state index in [1.54, 1.807) is 0 Å². The average Bonchev–Trinajstić information content (AvgIpc) is 2.56. The number of hydrogen-bond acceptors (Lipinski definition) is 4. The highest BCUT2D eigenvalue weighted by molar-refractivity contribution is 7.99. The number of hydrogen-bond donors (Lipinski definition) is 1. The lowest BCUT2D eigenvalue weighted by atomic mass is 10.1. The minimum absolute atomic E-state index is 0.0216. The van der Waals surface area contributed by atoms with Crippen molar-refractivity contribution < 1.29 is 9.53 Å². The first kappa shape index (κ1) is 19.3. The highest BCUT2D eigenvalue weighted by Crippen LogP contribution is 2.22. The molecule has 1 aliphatic rings. The summed E-state index contributed by atoms with van der Waals surface area (Å²) in [4.78, 5) is 14.6. The second kappa shape index (κ2) is 10.1. The van der Waals surface area contributed by atoms with Gasteiger partial charge in [0, 0.05) is 43.4 Å². The predicted molar refractivity (Wildman–Crippen MR) is 103 cm³/mol. The van der Waals surface area contributed by atoms with Crippen molar-refractivity contribution >= 4 is 23.4 Å². The summed E-state index contributed by atoms with van der Waals surface area (Å²) >= 11 is 2.03. The SMILES string of the molecule is Cc1c(CN2CCSCC2)cccc1NC(=O)CCOCC(C)C. The molecule has 2 rings (SSSR count). The first-order valence-corrected chi connectivity index (χ1v) is 9.98. The van der Waals surface area contributed by atoms with Gasteiger partial charge in [0.2, 0.25) is 5.91 Å². The molecule has 24 heavy (non-hydrogen) atoms. The molecule has 0 aliphatic carbocycles. The second-order valence-corrected chi connectivity index (χ2v) is 7.97. The zero-order valence-corrected chi connectivity index (χ0v) is 16.0. The third-order valence-corrected chi connectivity index (χ3v) is 5.08. The number of thioether (sulfide) groups is 1. The maximum atomic E-state index is 12.1. The van der Waals surface area contributed by atoms with Gasteiger partial charge >= 0.3 is 0 Å². The fourth-order valence-electron chi connectivity index (χ4n) is 2.69. The van der Waals surface area contributed by atoms with Gasteiger partial charge in [0.1, 0.15) is 0 Å². The Morgan fingerprint density at radius 2 is 2.08 bits per heavy atom. The van der Waals surface area contributed by atoms with Crippen molar-refractivity contribution in [3.63, 3.8) is 0 Å². The number of rotatable bonds is 8. The van der Waals surface area contributed by atoms with Crippen LogP contribution in [0.4, 0.5) is 5.69 Å². The number of ether oxygens (including phenoxy) is 1. The van der Waals surface area contributed by atoms with Gasteiger partial charge in [0.25, 0.3) is 0 Å². The third kappa shape index (κ3) is 6.46. The zero-order chi connectivity index (χ0) is 17.4. The van der Waals surface area contributed by atoms with Gasteiger partial charge in [-0.3, -0.25) is 9.69 Å². The number of benzene rings is 1. The molecular formula is C19H30N2O2S. The minimum atomic E-state index is 0.0216. The van der Waals surface area contributed by atoms with Crippen LogP contribution >= 0.6 is 11.8 Å². The van der Waals surface area contributed by atoms with E-state index in [1.807, 2.05) is 23.9 Å². The van der Waals surface area contributed by atoms with Gasteiger partial charge in [-0.1, -0.05) is 26.0 Å². The monoisotopic (exact) mass is 350 g/mol. The van der Waals surface area contributed by atoms with Crippen LogP contribution in [0.5, 0.6) is 0 Å². The first-order chi connectivity index (χ1) is 11.6. The van der Waals surface area contributed by atoms with Gasteiger partial charge in [-0.15, -0.1) is 0 Å². The Balaban J connectivity index is 1.86. The summed E-state index contributed by atoms with van der Waals surface area (Å²) < 4.78 is 5.49. The zero-order valence-electron chi connectivity index (χ0n) is 15.1. The number of anilines is 1. The lowest BCUT2D eigenvalue weighted by Crippen LogP contribution is -2.32. The summed E-state index contributed by atoms with van der Waals surface area (Å²) in [5.41, 5.74) is 3.40. The molecule has 0 unspecified atom stereocenters. The lowest BCUT2D eigenvalue weighted by Gasteiger charge is -2.27. The smallest absolute Gasteiger partial charge is 0.226 e. The van der Waals surface area contributed by atoms with Crippen LogP contribution < -0.4 is 5.32 Å². The molecule has 1 fully saturated rings. The van der Waals surface area contributed by atoms with Crippen molar-refractivity contribution in [3.8, 4) is 0 Å². The van der Waals surface area contributed by atoms with E-state index < -0.39 is 0 Å². The van der Waals surface area contributed by atoms with Crippen LogP contribution in [0.25, 0.3) is 0 Å². The van der Waals surface area contributed by atoms with Gasteiger partial charge in [0.15, 0.2) is 0 Å². The Bertz CT molecular complexity index is 528. The first-order valence-electron chi connectivity index (χ1n) is 8.82. The van der Waals surface area contributed by atoms with Crippen LogP contribution in [0.15, 0.2) is 18.2 Å². The van der Waals surface area contributed by atoms with Crippen LogP contribution in [-0.2, 0) is 16.1 Å². The van der Waals surface area contributed by atoms with E-state index >= 15 is 0 Å².